The number of aromatic amines is 1. The molecule has 2 heteroatoms. The fourth-order valence-electron chi connectivity index (χ4n) is 2.53. The smallest absolute Gasteiger partial charge is 0.182 e. The summed E-state index contributed by atoms with van der Waals surface area (Å²) >= 11 is 0. The zero-order chi connectivity index (χ0) is 12.0. The van der Waals surface area contributed by atoms with Crippen molar-refractivity contribution < 1.29 is 4.79 Å². The van der Waals surface area contributed by atoms with Crippen LogP contribution in [0.2, 0.25) is 0 Å². The van der Waals surface area contributed by atoms with Gasteiger partial charge in [0.1, 0.15) is 0 Å². The molecule has 86 valence electrons. The molecule has 0 amide bonds. The zero-order valence-corrected chi connectivity index (χ0v) is 10.0. The van der Waals surface area contributed by atoms with Gasteiger partial charge in [-0.3, -0.25) is 4.79 Å². The van der Waals surface area contributed by atoms with Gasteiger partial charge in [0.15, 0.2) is 5.78 Å². The van der Waals surface area contributed by atoms with Crippen molar-refractivity contribution in [1.82, 2.24) is 4.98 Å². The molecule has 17 heavy (non-hydrogen) atoms. The molecular weight excluding hydrogens is 210 g/mol. The molecule has 1 aromatic heterocycles. The van der Waals surface area contributed by atoms with E-state index in [-0.39, 0.29) is 11.7 Å². The highest BCUT2D eigenvalue weighted by atomic mass is 16.1. The Morgan fingerprint density at radius 2 is 1.76 bits per heavy atom. The molecule has 0 saturated carbocycles. The summed E-state index contributed by atoms with van der Waals surface area (Å²) in [7, 11) is 0. The summed E-state index contributed by atoms with van der Waals surface area (Å²) in [5, 5.41) is 0. The van der Waals surface area contributed by atoms with Crippen LogP contribution in [-0.2, 0) is 0 Å². The Bertz CT molecular complexity index is 568. The summed E-state index contributed by atoms with van der Waals surface area (Å²) in [4.78, 5) is 15.3. The molecule has 0 saturated heterocycles. The standard InChI is InChI=1S/C15H15NO/c1-9-10(2)15(17)14-12(9)8-13(16-14)11-6-4-3-5-7-11/h3-10,16H,1-2H3/t9-,10+/m1/s1. The van der Waals surface area contributed by atoms with Gasteiger partial charge in [0.25, 0.3) is 0 Å². The average Bonchev–Trinajstić information content (AvgIpc) is 2.88. The van der Waals surface area contributed by atoms with E-state index in [1.165, 1.54) is 5.56 Å². The predicted octanol–water partition coefficient (Wildman–Crippen LogP) is 3.62. The molecule has 1 aliphatic carbocycles. The number of benzene rings is 1. The molecule has 1 heterocycles. The lowest BCUT2D eigenvalue weighted by Gasteiger charge is -2.07. The number of aromatic nitrogens is 1. The molecule has 0 aliphatic heterocycles. The van der Waals surface area contributed by atoms with Crippen LogP contribution in [0.3, 0.4) is 0 Å². The number of hydrogen-bond donors (Lipinski definition) is 1. The van der Waals surface area contributed by atoms with Gasteiger partial charge in [0.2, 0.25) is 0 Å². The maximum absolute atomic E-state index is 12.0. The Labute approximate surface area is 101 Å². The minimum Gasteiger partial charge on any atom is -0.352 e. The molecule has 0 radical (unpaired) electrons. The lowest BCUT2D eigenvalue weighted by atomic mass is 9.96. The molecule has 3 rings (SSSR count). The Hall–Kier alpha value is -1.83. The number of nitrogens with one attached hydrogen (secondary N) is 1. The van der Waals surface area contributed by atoms with Gasteiger partial charge in [0, 0.05) is 11.6 Å². The fourth-order valence-corrected chi connectivity index (χ4v) is 2.53. The number of hydrogen-bond acceptors (Lipinski definition) is 1. The second-order valence-corrected chi connectivity index (χ2v) is 4.82. The van der Waals surface area contributed by atoms with Gasteiger partial charge in [0.05, 0.1) is 5.69 Å². The first-order valence-electron chi connectivity index (χ1n) is 6.01. The highest BCUT2D eigenvalue weighted by Gasteiger charge is 2.35. The highest BCUT2D eigenvalue weighted by Crippen LogP contribution is 2.39. The number of rotatable bonds is 1. The van der Waals surface area contributed by atoms with Crippen LogP contribution in [-0.4, -0.2) is 10.8 Å². The summed E-state index contributed by atoms with van der Waals surface area (Å²) in [5.74, 6) is 0.682. The van der Waals surface area contributed by atoms with E-state index in [0.29, 0.717) is 5.92 Å². The number of carbonyl (C=O) groups excluding carboxylic acids is 1. The molecule has 1 aliphatic rings. The molecule has 0 bridgehead atoms. The quantitative estimate of drug-likeness (QED) is 0.790. The van der Waals surface area contributed by atoms with Crippen molar-refractivity contribution in [2.45, 2.75) is 19.8 Å². The minimum absolute atomic E-state index is 0.112. The molecule has 2 nitrogen and oxygen atoms in total. The Morgan fingerprint density at radius 1 is 1.06 bits per heavy atom. The van der Waals surface area contributed by atoms with Crippen molar-refractivity contribution in [2.75, 3.05) is 0 Å². The van der Waals surface area contributed by atoms with Crippen molar-refractivity contribution in [3.05, 3.63) is 47.7 Å². The predicted molar refractivity (Wildman–Crippen MR) is 68.1 cm³/mol. The summed E-state index contributed by atoms with van der Waals surface area (Å²) in [5.41, 5.74) is 4.16. The Balaban J connectivity index is 2.09. The van der Waals surface area contributed by atoms with Gasteiger partial charge in [-0.1, -0.05) is 44.2 Å². The minimum atomic E-state index is 0.112. The van der Waals surface area contributed by atoms with Gasteiger partial charge in [-0.05, 0) is 23.1 Å². The first-order chi connectivity index (χ1) is 8.18. The summed E-state index contributed by atoms with van der Waals surface area (Å²) in [6.07, 6.45) is 0. The van der Waals surface area contributed by atoms with Crippen LogP contribution in [0.4, 0.5) is 0 Å². The Kier molecular flexibility index (Phi) is 2.18. The Morgan fingerprint density at radius 3 is 2.41 bits per heavy atom. The molecule has 0 fully saturated rings. The molecule has 1 aromatic carbocycles. The van der Waals surface area contributed by atoms with Gasteiger partial charge in [-0.2, -0.15) is 0 Å². The molecule has 2 aromatic rings. The summed E-state index contributed by atoms with van der Waals surface area (Å²) in [6.45, 7) is 4.13. The van der Waals surface area contributed by atoms with E-state index < -0.39 is 0 Å². The molecule has 1 N–H and O–H groups in total. The third-order valence-electron chi connectivity index (χ3n) is 3.83. The molecule has 2 atom stereocenters. The normalized spacial score (nSPS) is 22.8. The number of H-pyrrole nitrogens is 1. The van der Waals surface area contributed by atoms with E-state index in [0.717, 1.165) is 17.0 Å². The third kappa shape index (κ3) is 1.44. The highest BCUT2D eigenvalue weighted by molar-refractivity contribution is 6.02. The number of Topliss-reactive ketones (excluding diaryl/α,β-unsaturated/α-hetero) is 1. The lowest BCUT2D eigenvalue weighted by Crippen LogP contribution is -2.07. The number of carbonyl (C=O) groups is 1. The van der Waals surface area contributed by atoms with Crippen LogP contribution in [0.25, 0.3) is 11.3 Å². The van der Waals surface area contributed by atoms with Crippen molar-refractivity contribution >= 4 is 5.78 Å². The first-order valence-corrected chi connectivity index (χ1v) is 6.01. The summed E-state index contributed by atoms with van der Waals surface area (Å²) < 4.78 is 0. The van der Waals surface area contributed by atoms with E-state index in [2.05, 4.69) is 30.1 Å². The van der Waals surface area contributed by atoms with Crippen molar-refractivity contribution in [2.24, 2.45) is 5.92 Å². The number of ketones is 1. The molecule has 0 spiro atoms. The van der Waals surface area contributed by atoms with E-state index >= 15 is 0 Å². The second-order valence-electron chi connectivity index (χ2n) is 4.82. The van der Waals surface area contributed by atoms with Crippen LogP contribution in [0, 0.1) is 5.92 Å². The lowest BCUT2D eigenvalue weighted by molar-refractivity contribution is 0.0932. The van der Waals surface area contributed by atoms with Crippen LogP contribution in [0.1, 0.15) is 35.8 Å². The van der Waals surface area contributed by atoms with Gasteiger partial charge < -0.3 is 4.98 Å². The van der Waals surface area contributed by atoms with Crippen LogP contribution >= 0.6 is 0 Å². The van der Waals surface area contributed by atoms with E-state index in [4.69, 9.17) is 0 Å². The van der Waals surface area contributed by atoms with Gasteiger partial charge >= 0.3 is 0 Å². The number of fused-ring (bicyclic) bond motifs is 1. The van der Waals surface area contributed by atoms with E-state index in [9.17, 15) is 4.79 Å². The van der Waals surface area contributed by atoms with Gasteiger partial charge in [-0.25, -0.2) is 0 Å². The van der Waals surface area contributed by atoms with Crippen molar-refractivity contribution in [3.8, 4) is 11.3 Å². The maximum Gasteiger partial charge on any atom is 0.182 e. The van der Waals surface area contributed by atoms with Crippen LogP contribution in [0.5, 0.6) is 0 Å². The first kappa shape index (κ1) is 10.3. The fraction of sp³-hybridized carbons (Fsp3) is 0.267. The van der Waals surface area contributed by atoms with Crippen molar-refractivity contribution in [1.29, 1.82) is 0 Å². The SMILES string of the molecule is C[C@@H]1C(=O)c2[nH]c(-c3ccccc3)cc2[C@@H]1C. The topological polar surface area (TPSA) is 32.9 Å². The van der Waals surface area contributed by atoms with E-state index in [1.54, 1.807) is 0 Å². The monoisotopic (exact) mass is 225 g/mol. The second kappa shape index (κ2) is 3.59. The van der Waals surface area contributed by atoms with Gasteiger partial charge in [-0.15, -0.1) is 0 Å². The van der Waals surface area contributed by atoms with E-state index in [1.807, 2.05) is 25.1 Å². The summed E-state index contributed by atoms with van der Waals surface area (Å²) in [6, 6.07) is 12.2. The third-order valence-corrected chi connectivity index (χ3v) is 3.83. The molecular formula is C15H15NO. The largest absolute Gasteiger partial charge is 0.352 e. The van der Waals surface area contributed by atoms with Crippen LogP contribution in [0.15, 0.2) is 36.4 Å². The average molecular weight is 225 g/mol. The maximum atomic E-state index is 12.0. The van der Waals surface area contributed by atoms with Crippen molar-refractivity contribution in [3.63, 3.8) is 0 Å². The molecule has 0 unspecified atom stereocenters. The van der Waals surface area contributed by atoms with Crippen LogP contribution < -0.4 is 0 Å². The zero-order valence-electron chi connectivity index (χ0n) is 10.0.